The first-order valence-electron chi connectivity index (χ1n) is 5.12. The highest BCUT2D eigenvalue weighted by molar-refractivity contribution is 9.10. The van der Waals surface area contributed by atoms with Crippen molar-refractivity contribution in [3.63, 3.8) is 0 Å². The molecule has 1 N–H and O–H groups in total. The van der Waals surface area contributed by atoms with Crippen molar-refractivity contribution in [1.82, 2.24) is 14.8 Å². The van der Waals surface area contributed by atoms with Gasteiger partial charge in [-0.2, -0.15) is 0 Å². The molecule has 0 spiro atoms. The molecule has 0 amide bonds. The summed E-state index contributed by atoms with van der Waals surface area (Å²) in [6.07, 6.45) is 1.74. The van der Waals surface area contributed by atoms with Crippen molar-refractivity contribution >= 4 is 32.4 Å². The number of rotatable bonds is 4. The highest BCUT2D eigenvalue weighted by atomic mass is 79.9. The second-order valence-electron chi connectivity index (χ2n) is 3.32. The van der Waals surface area contributed by atoms with Crippen LogP contribution in [-0.4, -0.2) is 21.3 Å². The first-order chi connectivity index (χ1) is 8.20. The van der Waals surface area contributed by atoms with Gasteiger partial charge >= 0.3 is 0 Å². The zero-order valence-corrected chi connectivity index (χ0v) is 11.6. The summed E-state index contributed by atoms with van der Waals surface area (Å²) in [6, 6.07) is 3.54. The van der Waals surface area contributed by atoms with Gasteiger partial charge in [-0.25, -0.2) is 0 Å². The Balaban J connectivity index is 2.19. The van der Waals surface area contributed by atoms with Crippen LogP contribution in [0.4, 0.5) is 5.13 Å². The highest BCUT2D eigenvalue weighted by Crippen LogP contribution is 2.15. The van der Waals surface area contributed by atoms with Crippen molar-refractivity contribution in [3.05, 3.63) is 38.2 Å². The number of halogens is 1. The van der Waals surface area contributed by atoms with Crippen LogP contribution in [-0.2, 0) is 6.54 Å². The minimum atomic E-state index is -0.0623. The summed E-state index contributed by atoms with van der Waals surface area (Å²) in [5, 5.41) is 12.7. The van der Waals surface area contributed by atoms with Crippen LogP contribution in [0.2, 0.25) is 0 Å². The number of aromatic nitrogens is 3. The summed E-state index contributed by atoms with van der Waals surface area (Å²) in [7, 11) is 0. The number of hydrogen-bond acceptors (Lipinski definition) is 5. The third kappa shape index (κ3) is 2.92. The lowest BCUT2D eigenvalue weighted by Gasteiger charge is -2.01. The molecule has 2 aromatic rings. The molecule has 17 heavy (non-hydrogen) atoms. The SMILES string of the molecule is CCNc1nnc(Cn2cccc(Br)c2=O)s1. The molecule has 0 aliphatic carbocycles. The largest absolute Gasteiger partial charge is 0.360 e. The minimum absolute atomic E-state index is 0.0623. The van der Waals surface area contributed by atoms with E-state index in [0.29, 0.717) is 11.0 Å². The first kappa shape index (κ1) is 12.3. The summed E-state index contributed by atoms with van der Waals surface area (Å²) in [5.41, 5.74) is -0.0623. The average Bonchev–Trinajstić information content (AvgIpc) is 2.73. The maximum atomic E-state index is 11.8. The maximum absolute atomic E-state index is 11.8. The Bertz CT molecular complexity index is 565. The molecule has 0 saturated carbocycles. The van der Waals surface area contributed by atoms with Gasteiger partial charge < -0.3 is 9.88 Å². The first-order valence-corrected chi connectivity index (χ1v) is 6.73. The van der Waals surface area contributed by atoms with Gasteiger partial charge in [-0.05, 0) is 35.0 Å². The molecule has 7 heteroatoms. The van der Waals surface area contributed by atoms with Crippen LogP contribution >= 0.6 is 27.3 Å². The zero-order valence-electron chi connectivity index (χ0n) is 9.18. The van der Waals surface area contributed by atoms with Crippen molar-refractivity contribution in [1.29, 1.82) is 0 Å². The molecule has 2 heterocycles. The number of nitrogens with one attached hydrogen (secondary N) is 1. The van der Waals surface area contributed by atoms with Crippen molar-refractivity contribution in [3.8, 4) is 0 Å². The van der Waals surface area contributed by atoms with Gasteiger partial charge in [0.25, 0.3) is 5.56 Å². The van der Waals surface area contributed by atoms with Gasteiger partial charge in [-0.3, -0.25) is 4.79 Å². The molecule has 0 unspecified atom stereocenters. The van der Waals surface area contributed by atoms with Gasteiger partial charge in [0.1, 0.15) is 5.01 Å². The van der Waals surface area contributed by atoms with Crippen molar-refractivity contribution < 1.29 is 0 Å². The standard InChI is InChI=1S/C10H11BrN4OS/c1-2-12-10-14-13-8(17-10)6-15-5-3-4-7(11)9(15)16/h3-5H,2,6H2,1H3,(H,12,14). The highest BCUT2D eigenvalue weighted by Gasteiger charge is 2.06. The molecular formula is C10H11BrN4OS. The predicted octanol–water partition coefficient (Wildman–Crippen LogP) is 1.94. The summed E-state index contributed by atoms with van der Waals surface area (Å²) in [6.45, 7) is 3.26. The van der Waals surface area contributed by atoms with Crippen molar-refractivity contribution in [2.24, 2.45) is 0 Å². The second kappa shape index (κ2) is 5.42. The van der Waals surface area contributed by atoms with Crippen LogP contribution in [0.1, 0.15) is 11.9 Å². The Morgan fingerprint density at radius 1 is 1.53 bits per heavy atom. The Morgan fingerprint density at radius 3 is 3.12 bits per heavy atom. The molecule has 0 bridgehead atoms. The monoisotopic (exact) mass is 314 g/mol. The molecule has 5 nitrogen and oxygen atoms in total. The van der Waals surface area contributed by atoms with E-state index >= 15 is 0 Å². The van der Waals surface area contributed by atoms with E-state index in [1.165, 1.54) is 11.3 Å². The molecule has 90 valence electrons. The quantitative estimate of drug-likeness (QED) is 0.937. The van der Waals surface area contributed by atoms with Crippen molar-refractivity contribution in [2.45, 2.75) is 13.5 Å². The molecule has 2 aromatic heterocycles. The van der Waals surface area contributed by atoms with Crippen LogP contribution in [0.5, 0.6) is 0 Å². The number of hydrogen-bond donors (Lipinski definition) is 1. The van der Waals surface area contributed by atoms with Gasteiger partial charge in [0.15, 0.2) is 0 Å². The maximum Gasteiger partial charge on any atom is 0.265 e. The minimum Gasteiger partial charge on any atom is -0.360 e. The topological polar surface area (TPSA) is 59.8 Å². The number of nitrogens with zero attached hydrogens (tertiary/aromatic N) is 3. The van der Waals surface area contributed by atoms with Crippen molar-refractivity contribution in [2.75, 3.05) is 11.9 Å². The summed E-state index contributed by atoms with van der Waals surface area (Å²) in [5.74, 6) is 0. The number of anilines is 1. The normalized spacial score (nSPS) is 10.5. The van der Waals surface area contributed by atoms with Crippen LogP contribution in [0.3, 0.4) is 0 Å². The number of pyridine rings is 1. The lowest BCUT2D eigenvalue weighted by Crippen LogP contribution is -2.20. The lowest BCUT2D eigenvalue weighted by molar-refractivity contribution is 0.740. The van der Waals surface area contributed by atoms with Gasteiger partial charge in [0, 0.05) is 12.7 Å². The smallest absolute Gasteiger partial charge is 0.265 e. The summed E-state index contributed by atoms with van der Waals surface area (Å²) in [4.78, 5) is 11.8. The fraction of sp³-hybridized carbons (Fsp3) is 0.300. The van der Waals surface area contributed by atoms with E-state index in [-0.39, 0.29) is 5.56 Å². The van der Waals surface area contributed by atoms with Gasteiger partial charge in [0.2, 0.25) is 5.13 Å². The van der Waals surface area contributed by atoms with E-state index in [0.717, 1.165) is 16.7 Å². The summed E-state index contributed by atoms with van der Waals surface area (Å²) >= 11 is 4.67. The molecule has 0 aliphatic heterocycles. The van der Waals surface area contributed by atoms with Crippen LogP contribution < -0.4 is 10.9 Å². The molecule has 2 rings (SSSR count). The molecule has 0 radical (unpaired) electrons. The summed E-state index contributed by atoms with van der Waals surface area (Å²) < 4.78 is 2.15. The van der Waals surface area contributed by atoms with Gasteiger partial charge in [-0.1, -0.05) is 11.3 Å². The fourth-order valence-electron chi connectivity index (χ4n) is 1.32. The molecule has 0 atom stereocenters. The molecule has 0 fully saturated rings. The third-order valence-electron chi connectivity index (χ3n) is 2.07. The third-order valence-corrected chi connectivity index (χ3v) is 3.54. The Labute approximate surface area is 111 Å². The van der Waals surface area contributed by atoms with E-state index < -0.39 is 0 Å². The fourth-order valence-corrected chi connectivity index (χ4v) is 2.50. The Kier molecular flexibility index (Phi) is 3.90. The van der Waals surface area contributed by atoms with Gasteiger partial charge in [-0.15, -0.1) is 10.2 Å². The zero-order chi connectivity index (χ0) is 12.3. The second-order valence-corrected chi connectivity index (χ2v) is 5.24. The van der Waals surface area contributed by atoms with Gasteiger partial charge in [0.05, 0.1) is 11.0 Å². The van der Waals surface area contributed by atoms with E-state index in [1.54, 1.807) is 16.8 Å². The molecular weight excluding hydrogens is 304 g/mol. The predicted molar refractivity (Wildman–Crippen MR) is 71.6 cm³/mol. The van der Waals surface area contributed by atoms with E-state index in [2.05, 4.69) is 31.4 Å². The molecule has 0 aliphatic rings. The van der Waals surface area contributed by atoms with E-state index in [9.17, 15) is 4.79 Å². The molecule has 0 saturated heterocycles. The van der Waals surface area contributed by atoms with Crippen LogP contribution in [0.25, 0.3) is 0 Å². The molecule has 0 aromatic carbocycles. The Morgan fingerprint density at radius 2 is 2.35 bits per heavy atom. The average molecular weight is 315 g/mol. The van der Waals surface area contributed by atoms with E-state index in [4.69, 9.17) is 0 Å². The van der Waals surface area contributed by atoms with E-state index in [1.807, 2.05) is 13.0 Å². The van der Waals surface area contributed by atoms with Crippen LogP contribution in [0.15, 0.2) is 27.6 Å². The van der Waals surface area contributed by atoms with Crippen LogP contribution in [0, 0.1) is 0 Å². The lowest BCUT2D eigenvalue weighted by atomic mass is 10.4. The Hall–Kier alpha value is -1.21.